The standard InChI is InChI=1S/C25H42N4O3.HI/c1-3-26-25(29-15-11-24(12-16-29)32-18-4-17-31-2)27-19-21-5-7-22(8-6-21)20-28-13-9-23(30)10-14-28;/h5-8,23-24,30H,3-4,9-20H2,1-2H3,(H,26,27);1H. The van der Waals surface area contributed by atoms with Gasteiger partial charge in [-0.25, -0.2) is 4.99 Å². The second-order valence-corrected chi connectivity index (χ2v) is 8.90. The molecule has 33 heavy (non-hydrogen) atoms. The Balaban J connectivity index is 0.00000385. The van der Waals surface area contributed by atoms with Crippen LogP contribution in [0.1, 0.15) is 50.2 Å². The molecule has 0 atom stereocenters. The summed E-state index contributed by atoms with van der Waals surface area (Å²) in [6.45, 7) is 10.1. The van der Waals surface area contributed by atoms with E-state index in [1.54, 1.807) is 7.11 Å². The molecule has 0 aromatic heterocycles. The summed E-state index contributed by atoms with van der Waals surface area (Å²) in [6.07, 6.45) is 5.05. The van der Waals surface area contributed by atoms with E-state index in [1.165, 1.54) is 11.1 Å². The number of likely N-dealkylation sites (tertiary alicyclic amines) is 2. The van der Waals surface area contributed by atoms with Gasteiger partial charge < -0.3 is 24.8 Å². The second kappa shape index (κ2) is 15.9. The Morgan fingerprint density at radius 2 is 1.70 bits per heavy atom. The normalized spacial score (nSPS) is 18.9. The molecule has 0 spiro atoms. The fourth-order valence-corrected chi connectivity index (χ4v) is 4.37. The lowest BCUT2D eigenvalue weighted by atomic mass is 10.1. The SMILES string of the molecule is CCNC(=NCc1ccc(CN2CCC(O)CC2)cc1)N1CCC(OCCCOC)CC1.I. The first-order valence-electron chi connectivity index (χ1n) is 12.3. The number of ether oxygens (including phenoxy) is 2. The summed E-state index contributed by atoms with van der Waals surface area (Å²) >= 11 is 0. The minimum atomic E-state index is -0.114. The molecular weight excluding hydrogens is 531 g/mol. The summed E-state index contributed by atoms with van der Waals surface area (Å²) in [5, 5.41) is 13.1. The van der Waals surface area contributed by atoms with Gasteiger partial charge in [0.1, 0.15) is 0 Å². The number of aliphatic hydroxyl groups is 1. The first-order valence-corrected chi connectivity index (χ1v) is 12.3. The Labute approximate surface area is 216 Å². The van der Waals surface area contributed by atoms with Crippen LogP contribution in [0.2, 0.25) is 0 Å². The number of guanidine groups is 1. The van der Waals surface area contributed by atoms with Crippen molar-refractivity contribution in [1.29, 1.82) is 0 Å². The van der Waals surface area contributed by atoms with E-state index in [9.17, 15) is 5.11 Å². The average molecular weight is 575 g/mol. The Morgan fingerprint density at radius 3 is 2.33 bits per heavy atom. The van der Waals surface area contributed by atoms with Crippen molar-refractivity contribution >= 4 is 29.9 Å². The van der Waals surface area contributed by atoms with E-state index < -0.39 is 0 Å². The highest BCUT2D eigenvalue weighted by Gasteiger charge is 2.22. The molecular formula is C25H43IN4O3. The Hall–Kier alpha value is -0.940. The largest absolute Gasteiger partial charge is 0.393 e. The molecule has 2 saturated heterocycles. The first-order chi connectivity index (χ1) is 15.7. The zero-order valence-electron chi connectivity index (χ0n) is 20.4. The van der Waals surface area contributed by atoms with E-state index in [1.807, 2.05) is 0 Å². The topological polar surface area (TPSA) is 69.6 Å². The van der Waals surface area contributed by atoms with Gasteiger partial charge in [0.05, 0.1) is 18.8 Å². The molecule has 8 heteroatoms. The minimum Gasteiger partial charge on any atom is -0.393 e. The van der Waals surface area contributed by atoms with Gasteiger partial charge in [-0.1, -0.05) is 24.3 Å². The van der Waals surface area contributed by atoms with Gasteiger partial charge in [-0.3, -0.25) is 4.90 Å². The quantitative estimate of drug-likeness (QED) is 0.194. The van der Waals surface area contributed by atoms with Crippen molar-refractivity contribution in [3.63, 3.8) is 0 Å². The number of hydrogen-bond acceptors (Lipinski definition) is 5. The van der Waals surface area contributed by atoms with Gasteiger partial charge in [0.25, 0.3) is 0 Å². The maximum Gasteiger partial charge on any atom is 0.194 e. The molecule has 0 amide bonds. The van der Waals surface area contributed by atoms with Crippen molar-refractivity contribution in [3.8, 4) is 0 Å². The van der Waals surface area contributed by atoms with Gasteiger partial charge in [-0.05, 0) is 50.2 Å². The van der Waals surface area contributed by atoms with Crippen LogP contribution >= 0.6 is 24.0 Å². The highest BCUT2D eigenvalue weighted by Crippen LogP contribution is 2.16. The zero-order valence-corrected chi connectivity index (χ0v) is 22.7. The summed E-state index contributed by atoms with van der Waals surface area (Å²) < 4.78 is 11.1. The highest BCUT2D eigenvalue weighted by atomic mass is 127. The van der Waals surface area contributed by atoms with Gasteiger partial charge in [0, 0.05) is 59.6 Å². The van der Waals surface area contributed by atoms with Gasteiger partial charge in [-0.15, -0.1) is 24.0 Å². The van der Waals surface area contributed by atoms with Crippen molar-refractivity contribution in [1.82, 2.24) is 15.1 Å². The Bertz CT molecular complexity index is 673. The molecule has 1 aromatic rings. The van der Waals surface area contributed by atoms with Crippen molar-refractivity contribution in [3.05, 3.63) is 35.4 Å². The van der Waals surface area contributed by atoms with E-state index in [0.29, 0.717) is 12.6 Å². The molecule has 2 fully saturated rings. The average Bonchev–Trinajstić information content (AvgIpc) is 2.82. The Morgan fingerprint density at radius 1 is 1.03 bits per heavy atom. The highest BCUT2D eigenvalue weighted by molar-refractivity contribution is 14.0. The van der Waals surface area contributed by atoms with Crippen molar-refractivity contribution < 1.29 is 14.6 Å². The van der Waals surface area contributed by atoms with E-state index in [2.05, 4.69) is 46.3 Å². The van der Waals surface area contributed by atoms with Crippen LogP contribution in [0, 0.1) is 0 Å². The number of benzene rings is 1. The summed E-state index contributed by atoms with van der Waals surface area (Å²) in [5.41, 5.74) is 2.56. The van der Waals surface area contributed by atoms with Crippen LogP contribution in [-0.4, -0.2) is 86.1 Å². The molecule has 0 saturated carbocycles. The van der Waals surface area contributed by atoms with E-state index >= 15 is 0 Å². The monoisotopic (exact) mass is 574 g/mol. The van der Waals surface area contributed by atoms with Crippen LogP contribution in [-0.2, 0) is 22.6 Å². The predicted molar refractivity (Wildman–Crippen MR) is 144 cm³/mol. The molecule has 2 N–H and O–H groups in total. The number of methoxy groups -OCH3 is 1. The number of nitrogens with zero attached hydrogens (tertiary/aromatic N) is 3. The predicted octanol–water partition coefficient (Wildman–Crippen LogP) is 3.24. The summed E-state index contributed by atoms with van der Waals surface area (Å²) in [4.78, 5) is 9.69. The number of hydrogen-bond donors (Lipinski definition) is 2. The maximum absolute atomic E-state index is 9.67. The Kier molecular flexibility index (Phi) is 13.6. The van der Waals surface area contributed by atoms with Crippen LogP contribution in [0.25, 0.3) is 0 Å². The fourth-order valence-electron chi connectivity index (χ4n) is 4.37. The maximum atomic E-state index is 9.67. The lowest BCUT2D eigenvalue weighted by Gasteiger charge is -2.34. The minimum absolute atomic E-state index is 0. The third-order valence-electron chi connectivity index (χ3n) is 6.32. The fraction of sp³-hybridized carbons (Fsp3) is 0.720. The van der Waals surface area contributed by atoms with Gasteiger partial charge in [0.2, 0.25) is 0 Å². The molecule has 2 heterocycles. The summed E-state index contributed by atoms with van der Waals surface area (Å²) in [7, 11) is 1.73. The summed E-state index contributed by atoms with van der Waals surface area (Å²) in [6, 6.07) is 8.83. The van der Waals surface area contributed by atoms with Crippen LogP contribution in [0.15, 0.2) is 29.3 Å². The number of nitrogens with one attached hydrogen (secondary N) is 1. The van der Waals surface area contributed by atoms with Gasteiger partial charge in [0.15, 0.2) is 5.96 Å². The van der Waals surface area contributed by atoms with Crippen LogP contribution in [0.4, 0.5) is 0 Å². The molecule has 1 aromatic carbocycles. The molecule has 0 radical (unpaired) electrons. The molecule has 0 unspecified atom stereocenters. The molecule has 0 bridgehead atoms. The molecule has 0 aliphatic carbocycles. The third-order valence-corrected chi connectivity index (χ3v) is 6.32. The lowest BCUT2D eigenvalue weighted by Crippen LogP contribution is -2.47. The van der Waals surface area contributed by atoms with Crippen molar-refractivity contribution in [2.75, 3.05) is 53.0 Å². The zero-order chi connectivity index (χ0) is 22.6. The molecule has 7 nitrogen and oxygen atoms in total. The number of halogens is 1. The van der Waals surface area contributed by atoms with Crippen molar-refractivity contribution in [2.45, 2.75) is 64.3 Å². The second-order valence-electron chi connectivity index (χ2n) is 8.90. The van der Waals surface area contributed by atoms with E-state index in [-0.39, 0.29) is 30.1 Å². The van der Waals surface area contributed by atoms with Crippen LogP contribution in [0.5, 0.6) is 0 Å². The molecule has 2 aliphatic rings. The lowest BCUT2D eigenvalue weighted by molar-refractivity contribution is 0.00990. The summed E-state index contributed by atoms with van der Waals surface area (Å²) in [5.74, 6) is 1.00. The van der Waals surface area contributed by atoms with E-state index in [4.69, 9.17) is 14.5 Å². The molecule has 188 valence electrons. The number of aliphatic imine (C=N–C) groups is 1. The first kappa shape index (κ1) is 28.3. The third kappa shape index (κ3) is 10.1. The van der Waals surface area contributed by atoms with Crippen LogP contribution in [0.3, 0.4) is 0 Å². The van der Waals surface area contributed by atoms with Gasteiger partial charge in [-0.2, -0.15) is 0 Å². The van der Waals surface area contributed by atoms with Crippen LogP contribution < -0.4 is 5.32 Å². The van der Waals surface area contributed by atoms with E-state index in [0.717, 1.165) is 90.5 Å². The number of aliphatic hydroxyl groups excluding tert-OH is 1. The molecule has 3 rings (SSSR count). The number of rotatable bonds is 10. The number of piperidine rings is 2. The molecule has 2 aliphatic heterocycles. The van der Waals surface area contributed by atoms with Crippen molar-refractivity contribution in [2.24, 2.45) is 4.99 Å². The smallest absolute Gasteiger partial charge is 0.194 e. The van der Waals surface area contributed by atoms with Gasteiger partial charge >= 0.3 is 0 Å².